The lowest BCUT2D eigenvalue weighted by Gasteiger charge is -2.26. The topological polar surface area (TPSA) is 66.6 Å². The number of hydrogen-bond acceptors (Lipinski definition) is 3. The van der Waals surface area contributed by atoms with Crippen molar-refractivity contribution < 1.29 is 9.90 Å². The molecule has 0 aliphatic carbocycles. The molecule has 1 aliphatic heterocycles. The highest BCUT2D eigenvalue weighted by molar-refractivity contribution is 5.98. The molecule has 2 unspecified atom stereocenters. The molecule has 1 aliphatic rings. The maximum Gasteiger partial charge on any atom is 0.337 e. The average molecular weight is 234 g/mol. The molecular weight excluding hydrogens is 216 g/mol. The minimum Gasteiger partial charge on any atom is -0.478 e. The van der Waals surface area contributed by atoms with Gasteiger partial charge in [0.25, 0.3) is 0 Å². The zero-order valence-electron chi connectivity index (χ0n) is 10.2. The molecule has 0 amide bonds. The van der Waals surface area contributed by atoms with Crippen molar-refractivity contribution in [1.29, 1.82) is 0 Å². The number of carboxylic acid groups (broad SMARTS) is 1. The molecule has 17 heavy (non-hydrogen) atoms. The quantitative estimate of drug-likeness (QED) is 0.770. The number of anilines is 2. The summed E-state index contributed by atoms with van der Waals surface area (Å²) in [5, 5.41) is 9.22. The van der Waals surface area contributed by atoms with Crippen LogP contribution in [0.1, 0.15) is 30.6 Å². The minimum absolute atomic E-state index is 0.297. The van der Waals surface area contributed by atoms with Crippen LogP contribution in [0.5, 0.6) is 0 Å². The summed E-state index contributed by atoms with van der Waals surface area (Å²) < 4.78 is 0. The normalized spacial score (nSPS) is 24.0. The SMILES string of the molecule is CC1CC(C)N(c2c(N)cccc2C(=O)O)C1. The van der Waals surface area contributed by atoms with Gasteiger partial charge in [-0.25, -0.2) is 4.79 Å². The number of carbonyl (C=O) groups is 1. The standard InChI is InChI=1S/C13H18N2O2/c1-8-6-9(2)15(7-8)12-10(13(16)17)4-3-5-11(12)14/h3-5,8-9H,6-7,14H2,1-2H3,(H,16,17). The summed E-state index contributed by atoms with van der Waals surface area (Å²) in [7, 11) is 0. The van der Waals surface area contributed by atoms with Gasteiger partial charge in [0.1, 0.15) is 0 Å². The Morgan fingerprint density at radius 2 is 2.18 bits per heavy atom. The van der Waals surface area contributed by atoms with Crippen molar-refractivity contribution in [1.82, 2.24) is 0 Å². The lowest BCUT2D eigenvalue weighted by molar-refractivity contribution is 0.0697. The molecule has 4 nitrogen and oxygen atoms in total. The number of nitrogen functional groups attached to an aromatic ring is 1. The van der Waals surface area contributed by atoms with Gasteiger partial charge in [-0.05, 0) is 31.4 Å². The zero-order valence-corrected chi connectivity index (χ0v) is 10.2. The lowest BCUT2D eigenvalue weighted by atomic mass is 10.1. The largest absolute Gasteiger partial charge is 0.478 e. The van der Waals surface area contributed by atoms with Crippen LogP contribution in [0.3, 0.4) is 0 Å². The third kappa shape index (κ3) is 2.07. The monoisotopic (exact) mass is 234 g/mol. The minimum atomic E-state index is -0.918. The van der Waals surface area contributed by atoms with E-state index in [1.807, 2.05) is 0 Å². The van der Waals surface area contributed by atoms with E-state index in [2.05, 4.69) is 18.7 Å². The van der Waals surface area contributed by atoms with Gasteiger partial charge < -0.3 is 15.7 Å². The fraction of sp³-hybridized carbons (Fsp3) is 0.462. The Labute approximate surface area is 101 Å². The Morgan fingerprint density at radius 1 is 1.47 bits per heavy atom. The van der Waals surface area contributed by atoms with E-state index in [4.69, 9.17) is 5.73 Å². The summed E-state index contributed by atoms with van der Waals surface area (Å²) in [5.41, 5.74) is 7.46. The van der Waals surface area contributed by atoms with Gasteiger partial charge in [-0.15, -0.1) is 0 Å². The van der Waals surface area contributed by atoms with Crippen LogP contribution < -0.4 is 10.6 Å². The summed E-state index contributed by atoms with van der Waals surface area (Å²) in [5.74, 6) is -0.342. The van der Waals surface area contributed by atoms with E-state index in [-0.39, 0.29) is 0 Å². The highest BCUT2D eigenvalue weighted by Crippen LogP contribution is 2.35. The van der Waals surface area contributed by atoms with E-state index < -0.39 is 5.97 Å². The van der Waals surface area contributed by atoms with Crippen LogP contribution in [0.15, 0.2) is 18.2 Å². The van der Waals surface area contributed by atoms with Gasteiger partial charge in [0.2, 0.25) is 0 Å². The predicted molar refractivity (Wildman–Crippen MR) is 68.4 cm³/mol. The van der Waals surface area contributed by atoms with Crippen molar-refractivity contribution in [2.45, 2.75) is 26.3 Å². The fourth-order valence-corrected chi connectivity index (χ4v) is 2.67. The van der Waals surface area contributed by atoms with Crippen LogP contribution in [0.25, 0.3) is 0 Å². The van der Waals surface area contributed by atoms with Crippen LogP contribution in [0.2, 0.25) is 0 Å². The molecule has 2 atom stereocenters. The van der Waals surface area contributed by atoms with E-state index in [1.165, 1.54) is 0 Å². The van der Waals surface area contributed by atoms with Gasteiger partial charge in [0, 0.05) is 12.6 Å². The van der Waals surface area contributed by atoms with E-state index in [9.17, 15) is 9.90 Å². The van der Waals surface area contributed by atoms with Crippen LogP contribution in [0, 0.1) is 5.92 Å². The molecule has 1 heterocycles. The average Bonchev–Trinajstić information content (AvgIpc) is 2.57. The lowest BCUT2D eigenvalue weighted by Crippen LogP contribution is -2.29. The van der Waals surface area contributed by atoms with E-state index in [0.717, 1.165) is 13.0 Å². The van der Waals surface area contributed by atoms with Gasteiger partial charge in [-0.3, -0.25) is 0 Å². The summed E-state index contributed by atoms with van der Waals surface area (Å²) in [4.78, 5) is 13.4. The maximum absolute atomic E-state index is 11.2. The summed E-state index contributed by atoms with van der Waals surface area (Å²) in [6.45, 7) is 5.16. The van der Waals surface area contributed by atoms with Crippen LogP contribution >= 0.6 is 0 Å². The van der Waals surface area contributed by atoms with Crippen LogP contribution in [-0.4, -0.2) is 23.7 Å². The van der Waals surface area contributed by atoms with E-state index in [1.54, 1.807) is 18.2 Å². The number of aromatic carboxylic acids is 1. The highest BCUT2D eigenvalue weighted by atomic mass is 16.4. The van der Waals surface area contributed by atoms with Gasteiger partial charge in [0.15, 0.2) is 0 Å². The molecule has 1 fully saturated rings. The zero-order chi connectivity index (χ0) is 12.6. The first-order valence-corrected chi connectivity index (χ1v) is 5.89. The first-order chi connectivity index (χ1) is 8.00. The van der Waals surface area contributed by atoms with Crippen LogP contribution in [0.4, 0.5) is 11.4 Å². The second-order valence-corrected chi connectivity index (χ2v) is 4.89. The predicted octanol–water partition coefficient (Wildman–Crippen LogP) is 2.20. The van der Waals surface area contributed by atoms with Gasteiger partial charge >= 0.3 is 5.97 Å². The molecule has 0 bridgehead atoms. The first-order valence-electron chi connectivity index (χ1n) is 5.89. The van der Waals surface area contributed by atoms with Crippen molar-refractivity contribution in [3.05, 3.63) is 23.8 Å². The third-order valence-corrected chi connectivity index (χ3v) is 3.37. The molecule has 1 saturated heterocycles. The van der Waals surface area contributed by atoms with E-state index in [0.29, 0.717) is 28.9 Å². The van der Waals surface area contributed by atoms with Gasteiger partial charge in [-0.1, -0.05) is 13.0 Å². The maximum atomic E-state index is 11.2. The Kier molecular flexibility index (Phi) is 2.96. The van der Waals surface area contributed by atoms with Crippen molar-refractivity contribution >= 4 is 17.3 Å². The Bertz CT molecular complexity index is 445. The Morgan fingerprint density at radius 3 is 2.71 bits per heavy atom. The fourth-order valence-electron chi connectivity index (χ4n) is 2.67. The number of nitrogens with two attached hydrogens (primary N) is 1. The molecule has 1 aromatic carbocycles. The number of benzene rings is 1. The second-order valence-electron chi connectivity index (χ2n) is 4.89. The molecule has 0 radical (unpaired) electrons. The number of hydrogen-bond donors (Lipinski definition) is 2. The van der Waals surface area contributed by atoms with Gasteiger partial charge in [0.05, 0.1) is 16.9 Å². The molecule has 92 valence electrons. The van der Waals surface area contributed by atoms with Crippen molar-refractivity contribution in [2.75, 3.05) is 17.2 Å². The molecule has 0 aromatic heterocycles. The summed E-state index contributed by atoms with van der Waals surface area (Å²) in [6.07, 6.45) is 1.08. The number of para-hydroxylation sites is 1. The molecule has 0 spiro atoms. The second kappa shape index (κ2) is 4.28. The van der Waals surface area contributed by atoms with E-state index >= 15 is 0 Å². The van der Waals surface area contributed by atoms with Crippen molar-refractivity contribution in [3.8, 4) is 0 Å². The molecule has 3 N–H and O–H groups in total. The van der Waals surface area contributed by atoms with Crippen molar-refractivity contribution in [2.24, 2.45) is 5.92 Å². The molecule has 2 rings (SSSR count). The molecule has 1 aromatic rings. The Hall–Kier alpha value is -1.71. The number of carboxylic acids is 1. The number of rotatable bonds is 2. The molecule has 0 saturated carbocycles. The molecule has 4 heteroatoms. The molecular formula is C13H18N2O2. The Balaban J connectivity index is 2.47. The third-order valence-electron chi connectivity index (χ3n) is 3.37. The highest BCUT2D eigenvalue weighted by Gasteiger charge is 2.30. The summed E-state index contributed by atoms with van der Waals surface area (Å²) in [6, 6.07) is 5.40. The van der Waals surface area contributed by atoms with Crippen molar-refractivity contribution in [3.63, 3.8) is 0 Å². The van der Waals surface area contributed by atoms with Crippen LogP contribution in [-0.2, 0) is 0 Å². The van der Waals surface area contributed by atoms with Gasteiger partial charge in [-0.2, -0.15) is 0 Å². The number of nitrogens with zero attached hydrogens (tertiary/aromatic N) is 1. The smallest absolute Gasteiger partial charge is 0.337 e. The first kappa shape index (κ1) is 11.8. The summed E-state index contributed by atoms with van der Waals surface area (Å²) >= 11 is 0.